The van der Waals surface area contributed by atoms with Crippen LogP contribution in [-0.4, -0.2) is 40.8 Å². The molecule has 6 nitrogen and oxygen atoms in total. The zero-order valence-electron chi connectivity index (χ0n) is 16.4. The van der Waals surface area contributed by atoms with Crippen LogP contribution < -0.4 is 10.2 Å². The minimum absolute atomic E-state index is 0.632. The van der Waals surface area contributed by atoms with E-state index in [0.29, 0.717) is 5.95 Å². The van der Waals surface area contributed by atoms with E-state index >= 15 is 0 Å². The molecule has 0 aliphatic carbocycles. The second-order valence-corrected chi connectivity index (χ2v) is 6.40. The number of ether oxygens (including phenoxy) is 1. The highest BCUT2D eigenvalue weighted by atomic mass is 16.5. The maximum absolute atomic E-state index is 5.54. The summed E-state index contributed by atoms with van der Waals surface area (Å²) in [5, 5.41) is 4.49. The summed E-state index contributed by atoms with van der Waals surface area (Å²) in [5.41, 5.74) is 8.03. The number of nitrogens with zero attached hydrogens (tertiary/aromatic N) is 3. The van der Waals surface area contributed by atoms with Crippen molar-refractivity contribution < 1.29 is 4.74 Å². The number of hydrazone groups is 1. The summed E-state index contributed by atoms with van der Waals surface area (Å²) in [7, 11) is 1.71. The molecule has 0 aliphatic heterocycles. The first-order chi connectivity index (χ1) is 13.1. The van der Waals surface area contributed by atoms with Crippen molar-refractivity contribution in [1.29, 1.82) is 0 Å². The monoisotopic (exact) mass is 365 g/mol. The number of imidazole rings is 1. The molecule has 2 aromatic carbocycles. The number of benzene rings is 2. The zero-order chi connectivity index (χ0) is 19.2. The third-order valence-electron chi connectivity index (χ3n) is 4.71. The summed E-state index contributed by atoms with van der Waals surface area (Å²) >= 11 is 0. The fourth-order valence-corrected chi connectivity index (χ4v) is 3.02. The Labute approximate surface area is 160 Å². The van der Waals surface area contributed by atoms with Gasteiger partial charge >= 0.3 is 0 Å². The fraction of sp³-hybridized carbons (Fsp3) is 0.333. The zero-order valence-corrected chi connectivity index (χ0v) is 16.4. The van der Waals surface area contributed by atoms with E-state index in [1.165, 1.54) is 0 Å². The molecule has 0 bridgehead atoms. The van der Waals surface area contributed by atoms with Crippen LogP contribution in [-0.2, 0) is 6.54 Å². The first-order valence-corrected chi connectivity index (χ1v) is 9.29. The molecular weight excluding hydrogens is 338 g/mol. The van der Waals surface area contributed by atoms with E-state index in [4.69, 9.17) is 4.74 Å². The molecule has 0 fully saturated rings. The van der Waals surface area contributed by atoms with Crippen molar-refractivity contribution >= 4 is 22.7 Å². The van der Waals surface area contributed by atoms with Crippen molar-refractivity contribution in [3.05, 3.63) is 53.6 Å². The number of nitrogens with one attached hydrogen (secondary N) is 2. The third-order valence-corrected chi connectivity index (χ3v) is 4.71. The van der Waals surface area contributed by atoms with Gasteiger partial charge in [0.2, 0.25) is 5.95 Å². The van der Waals surface area contributed by atoms with Gasteiger partial charge in [-0.15, -0.1) is 0 Å². The molecule has 0 unspecified atom stereocenters. The summed E-state index contributed by atoms with van der Waals surface area (Å²) < 4.78 is 5.54. The Balaban J connectivity index is 1.80. The number of anilines is 1. The van der Waals surface area contributed by atoms with Crippen molar-refractivity contribution in [1.82, 2.24) is 14.9 Å². The maximum atomic E-state index is 5.54. The lowest BCUT2D eigenvalue weighted by molar-refractivity contribution is 0.289. The highest BCUT2D eigenvalue weighted by Crippen LogP contribution is 2.22. The highest BCUT2D eigenvalue weighted by molar-refractivity contribution is 5.99. The van der Waals surface area contributed by atoms with E-state index in [-0.39, 0.29) is 0 Å². The van der Waals surface area contributed by atoms with Crippen LogP contribution in [0.5, 0.6) is 5.75 Å². The van der Waals surface area contributed by atoms with Gasteiger partial charge in [-0.2, -0.15) is 5.10 Å². The molecule has 2 N–H and O–H groups in total. The molecule has 0 atom stereocenters. The number of methoxy groups -OCH3 is 1. The van der Waals surface area contributed by atoms with Crippen LogP contribution >= 0.6 is 0 Å². The predicted octanol–water partition coefficient (Wildman–Crippen LogP) is 4.25. The van der Waals surface area contributed by atoms with E-state index in [9.17, 15) is 0 Å². The normalized spacial score (nSPS) is 12.0. The van der Waals surface area contributed by atoms with Gasteiger partial charge < -0.3 is 9.72 Å². The molecular formula is C21H27N5O. The minimum Gasteiger partial charge on any atom is -0.496 e. The summed E-state index contributed by atoms with van der Waals surface area (Å²) in [6.45, 7) is 9.19. The smallest absolute Gasteiger partial charge is 0.222 e. The molecule has 0 radical (unpaired) electrons. The first kappa shape index (κ1) is 18.9. The van der Waals surface area contributed by atoms with Crippen molar-refractivity contribution in [2.24, 2.45) is 5.10 Å². The summed E-state index contributed by atoms with van der Waals surface area (Å²) in [4.78, 5) is 10.1. The molecule has 0 saturated carbocycles. The van der Waals surface area contributed by atoms with Crippen molar-refractivity contribution in [3.8, 4) is 5.75 Å². The summed E-state index contributed by atoms with van der Waals surface area (Å²) in [5.74, 6) is 1.54. The molecule has 0 spiro atoms. The molecule has 3 aromatic rings. The number of fused-ring (bicyclic) bond motifs is 1. The molecule has 27 heavy (non-hydrogen) atoms. The Morgan fingerprint density at radius 2 is 1.96 bits per heavy atom. The van der Waals surface area contributed by atoms with Crippen LogP contribution in [0.4, 0.5) is 5.95 Å². The molecule has 1 heterocycles. The van der Waals surface area contributed by atoms with Crippen LogP contribution in [0.15, 0.2) is 47.6 Å². The number of hydrogen-bond donors (Lipinski definition) is 2. The van der Waals surface area contributed by atoms with Crippen molar-refractivity contribution in [2.45, 2.75) is 27.3 Å². The van der Waals surface area contributed by atoms with Crippen LogP contribution in [0.1, 0.15) is 31.9 Å². The van der Waals surface area contributed by atoms with Gasteiger partial charge in [-0.05, 0) is 55.9 Å². The predicted molar refractivity (Wildman–Crippen MR) is 112 cm³/mol. The Morgan fingerprint density at radius 1 is 1.19 bits per heavy atom. The number of aromatic nitrogens is 2. The summed E-state index contributed by atoms with van der Waals surface area (Å²) in [6, 6.07) is 14.1. The van der Waals surface area contributed by atoms with Crippen LogP contribution in [0.2, 0.25) is 0 Å². The van der Waals surface area contributed by atoms with Gasteiger partial charge in [0.1, 0.15) is 5.75 Å². The summed E-state index contributed by atoms with van der Waals surface area (Å²) in [6.07, 6.45) is 0. The Bertz CT molecular complexity index is 894. The molecule has 142 valence electrons. The van der Waals surface area contributed by atoms with Gasteiger partial charge in [0.25, 0.3) is 0 Å². The second kappa shape index (κ2) is 8.68. The number of H-pyrrole nitrogens is 1. The lowest BCUT2D eigenvalue weighted by Crippen LogP contribution is -2.22. The lowest BCUT2D eigenvalue weighted by Gasteiger charge is -2.20. The average Bonchev–Trinajstić information content (AvgIpc) is 3.13. The Hall–Kier alpha value is -2.86. The van der Waals surface area contributed by atoms with Crippen molar-refractivity contribution in [3.63, 3.8) is 0 Å². The largest absolute Gasteiger partial charge is 0.496 e. The molecule has 0 amide bonds. The van der Waals surface area contributed by atoms with Gasteiger partial charge in [0.05, 0.1) is 23.9 Å². The average molecular weight is 365 g/mol. The maximum Gasteiger partial charge on any atom is 0.222 e. The fourth-order valence-electron chi connectivity index (χ4n) is 3.02. The SMILES string of the molecule is CCN(CC)Cc1cc(/C(C)=N\Nc2nc3ccccc3[nH]2)ccc1OC. The van der Waals surface area contributed by atoms with Gasteiger partial charge in [0, 0.05) is 12.1 Å². The lowest BCUT2D eigenvalue weighted by atomic mass is 10.1. The molecule has 3 rings (SSSR count). The third kappa shape index (κ3) is 4.46. The number of hydrogen-bond acceptors (Lipinski definition) is 5. The molecule has 0 saturated heterocycles. The Kier molecular flexibility index (Phi) is 6.08. The molecule has 0 aliphatic rings. The van der Waals surface area contributed by atoms with Gasteiger partial charge in [0.15, 0.2) is 0 Å². The number of aromatic amines is 1. The topological polar surface area (TPSA) is 65.5 Å². The van der Waals surface area contributed by atoms with Gasteiger partial charge in [-0.25, -0.2) is 10.4 Å². The van der Waals surface area contributed by atoms with E-state index in [1.807, 2.05) is 43.3 Å². The second-order valence-electron chi connectivity index (χ2n) is 6.40. The number of rotatable bonds is 8. The van der Waals surface area contributed by atoms with Gasteiger partial charge in [-0.1, -0.05) is 26.0 Å². The van der Waals surface area contributed by atoms with Crippen LogP contribution in [0.3, 0.4) is 0 Å². The van der Waals surface area contributed by atoms with E-state index in [2.05, 4.69) is 45.3 Å². The first-order valence-electron chi connectivity index (χ1n) is 9.29. The van der Waals surface area contributed by atoms with E-state index < -0.39 is 0 Å². The highest BCUT2D eigenvalue weighted by Gasteiger charge is 2.10. The van der Waals surface area contributed by atoms with Crippen LogP contribution in [0.25, 0.3) is 11.0 Å². The van der Waals surface area contributed by atoms with E-state index in [0.717, 1.165) is 53.3 Å². The molecule has 6 heteroatoms. The molecule has 1 aromatic heterocycles. The standard InChI is InChI=1S/C21H27N5O/c1-5-26(6-2)14-17-13-16(11-12-20(17)27-4)15(3)24-25-21-22-18-9-7-8-10-19(18)23-21/h7-13H,5-6,14H2,1-4H3,(H2,22,23,25)/b24-15-. The number of para-hydroxylation sites is 2. The quantitative estimate of drug-likeness (QED) is 0.463. The minimum atomic E-state index is 0.632. The van der Waals surface area contributed by atoms with Crippen molar-refractivity contribution in [2.75, 3.05) is 25.6 Å². The van der Waals surface area contributed by atoms with Crippen LogP contribution in [0, 0.1) is 0 Å². The van der Waals surface area contributed by atoms with Gasteiger partial charge in [-0.3, -0.25) is 4.90 Å². The Morgan fingerprint density at radius 3 is 2.67 bits per heavy atom. The van der Waals surface area contributed by atoms with E-state index in [1.54, 1.807) is 7.11 Å².